The lowest BCUT2D eigenvalue weighted by molar-refractivity contribution is -0.129. The van der Waals surface area contributed by atoms with Gasteiger partial charge in [-0.15, -0.1) is 0 Å². The number of hydrogen-bond acceptors (Lipinski definition) is 3. The molecule has 1 saturated heterocycles. The van der Waals surface area contributed by atoms with Crippen LogP contribution in [0.25, 0.3) is 0 Å². The van der Waals surface area contributed by atoms with Gasteiger partial charge in [-0.25, -0.2) is 5.01 Å². The zero-order valence-corrected chi connectivity index (χ0v) is 13.7. The molecule has 1 heterocycles. The van der Waals surface area contributed by atoms with Gasteiger partial charge in [-0.2, -0.15) is 0 Å². The Balaban J connectivity index is 2.38. The molecule has 20 heavy (non-hydrogen) atoms. The molecule has 1 amide bonds. The van der Waals surface area contributed by atoms with Crippen LogP contribution in [0, 0.1) is 11.8 Å². The minimum Gasteiger partial charge on any atom is -0.330 e. The highest BCUT2D eigenvalue weighted by molar-refractivity contribution is 5.75. The number of nitrogens with one attached hydrogen (secondary N) is 1. The first-order valence-corrected chi connectivity index (χ1v) is 8.23. The monoisotopic (exact) mass is 283 g/mol. The summed E-state index contributed by atoms with van der Waals surface area (Å²) in [6, 6.07) is 0.903. The Morgan fingerprint density at radius 3 is 2.35 bits per heavy atom. The number of rotatable bonds is 7. The zero-order valence-electron chi connectivity index (χ0n) is 13.7. The molecule has 0 bridgehead atoms. The Kier molecular flexibility index (Phi) is 7.52. The van der Waals surface area contributed by atoms with Gasteiger partial charge in [0.25, 0.3) is 0 Å². The molecule has 0 aromatic heterocycles. The number of piperidine rings is 1. The van der Waals surface area contributed by atoms with Crippen molar-refractivity contribution >= 4 is 5.91 Å². The van der Waals surface area contributed by atoms with Crippen molar-refractivity contribution in [3.63, 3.8) is 0 Å². The molecular formula is C16H33N3O. The van der Waals surface area contributed by atoms with Crippen molar-refractivity contribution in [2.24, 2.45) is 17.6 Å². The molecule has 0 aromatic carbocycles. The van der Waals surface area contributed by atoms with Crippen LogP contribution >= 0.6 is 0 Å². The second-order valence-corrected chi connectivity index (χ2v) is 6.69. The Morgan fingerprint density at radius 1 is 1.25 bits per heavy atom. The lowest BCUT2D eigenvalue weighted by atomic mass is 9.88. The van der Waals surface area contributed by atoms with Crippen molar-refractivity contribution in [2.75, 3.05) is 6.54 Å². The number of hydrogen-bond donors (Lipinski definition) is 2. The average Bonchev–Trinajstić information content (AvgIpc) is 2.38. The maximum atomic E-state index is 12.1. The van der Waals surface area contributed by atoms with Gasteiger partial charge >= 0.3 is 0 Å². The molecule has 0 aromatic rings. The van der Waals surface area contributed by atoms with Gasteiger partial charge < -0.3 is 5.73 Å². The van der Waals surface area contributed by atoms with Crippen LogP contribution in [-0.2, 0) is 4.79 Å². The molecule has 4 nitrogen and oxygen atoms in total. The van der Waals surface area contributed by atoms with E-state index in [2.05, 4.69) is 38.1 Å². The van der Waals surface area contributed by atoms with E-state index < -0.39 is 0 Å². The smallest absolute Gasteiger partial charge is 0.234 e. The highest BCUT2D eigenvalue weighted by Gasteiger charge is 2.26. The van der Waals surface area contributed by atoms with Crippen LogP contribution < -0.4 is 11.2 Å². The van der Waals surface area contributed by atoms with Crippen molar-refractivity contribution in [3.8, 4) is 0 Å². The summed E-state index contributed by atoms with van der Waals surface area (Å²) in [5, 5.41) is 2.15. The Morgan fingerprint density at radius 2 is 1.85 bits per heavy atom. The van der Waals surface area contributed by atoms with E-state index in [1.807, 2.05) is 0 Å². The fourth-order valence-electron chi connectivity index (χ4n) is 3.18. The molecule has 3 N–H and O–H groups in total. The molecule has 3 atom stereocenters. The first-order chi connectivity index (χ1) is 9.45. The Bertz CT molecular complexity index is 283. The Hall–Kier alpha value is -0.610. The number of nitrogens with two attached hydrogens (primary N) is 1. The highest BCUT2D eigenvalue weighted by atomic mass is 16.2. The first kappa shape index (κ1) is 17.4. The van der Waals surface area contributed by atoms with Crippen LogP contribution in [-0.4, -0.2) is 29.5 Å². The molecule has 0 saturated carbocycles. The van der Waals surface area contributed by atoms with Gasteiger partial charge in [0.2, 0.25) is 5.91 Å². The maximum absolute atomic E-state index is 12.1. The minimum absolute atomic E-state index is 0.160. The van der Waals surface area contributed by atoms with Crippen LogP contribution in [0.3, 0.4) is 0 Å². The lowest BCUT2D eigenvalue weighted by Crippen LogP contribution is -2.54. The molecular weight excluding hydrogens is 250 g/mol. The van der Waals surface area contributed by atoms with Gasteiger partial charge in [0, 0.05) is 18.5 Å². The number of nitrogens with zero attached hydrogens (tertiary/aromatic N) is 1. The van der Waals surface area contributed by atoms with Crippen LogP contribution in [0.2, 0.25) is 0 Å². The van der Waals surface area contributed by atoms with Crippen LogP contribution in [0.5, 0.6) is 0 Å². The van der Waals surface area contributed by atoms with Gasteiger partial charge in [0.1, 0.15) is 0 Å². The predicted molar refractivity (Wildman–Crippen MR) is 84.0 cm³/mol. The van der Waals surface area contributed by atoms with Gasteiger partial charge in [0.05, 0.1) is 0 Å². The summed E-state index contributed by atoms with van der Waals surface area (Å²) >= 11 is 0. The second-order valence-electron chi connectivity index (χ2n) is 6.69. The SMILES string of the molecule is CC(C)C(CCN)CCC(=O)NN1C(C)CCCC1C. The highest BCUT2D eigenvalue weighted by Crippen LogP contribution is 2.22. The standard InChI is InChI=1S/C16H33N3O/c1-12(2)15(10-11-17)8-9-16(20)18-19-13(3)6-5-7-14(19)4/h12-15H,5-11,17H2,1-4H3,(H,18,20). The summed E-state index contributed by atoms with van der Waals surface area (Å²) in [6.07, 6.45) is 6.18. The van der Waals surface area contributed by atoms with Crippen molar-refractivity contribution in [1.82, 2.24) is 10.4 Å². The Labute approximate surface area is 124 Å². The van der Waals surface area contributed by atoms with Crippen molar-refractivity contribution in [3.05, 3.63) is 0 Å². The molecule has 0 spiro atoms. The summed E-state index contributed by atoms with van der Waals surface area (Å²) in [5.74, 6) is 1.31. The molecule has 1 aliphatic rings. The number of hydrazine groups is 1. The van der Waals surface area contributed by atoms with Gasteiger partial charge in [-0.3, -0.25) is 10.2 Å². The topological polar surface area (TPSA) is 58.4 Å². The van der Waals surface area contributed by atoms with E-state index in [9.17, 15) is 4.79 Å². The third kappa shape index (κ3) is 5.41. The van der Waals surface area contributed by atoms with Crippen molar-refractivity contribution < 1.29 is 4.79 Å². The molecule has 0 aliphatic carbocycles. The van der Waals surface area contributed by atoms with E-state index in [4.69, 9.17) is 5.73 Å². The van der Waals surface area contributed by atoms with E-state index in [-0.39, 0.29) is 5.91 Å². The molecule has 1 rings (SSSR count). The number of amides is 1. The molecule has 1 aliphatic heterocycles. The van der Waals surface area contributed by atoms with Gasteiger partial charge in [0.15, 0.2) is 0 Å². The van der Waals surface area contributed by atoms with E-state index in [1.165, 1.54) is 19.3 Å². The van der Waals surface area contributed by atoms with Crippen molar-refractivity contribution in [1.29, 1.82) is 0 Å². The third-order valence-corrected chi connectivity index (χ3v) is 4.67. The molecule has 3 unspecified atom stereocenters. The lowest BCUT2D eigenvalue weighted by Gasteiger charge is -2.38. The van der Waals surface area contributed by atoms with Crippen molar-refractivity contribution in [2.45, 2.75) is 78.3 Å². The predicted octanol–water partition coefficient (Wildman–Crippen LogP) is 2.68. The third-order valence-electron chi connectivity index (χ3n) is 4.67. The summed E-state index contributed by atoms with van der Waals surface area (Å²) < 4.78 is 0. The van der Waals surface area contributed by atoms with Gasteiger partial charge in [-0.05, 0) is 57.9 Å². The molecule has 118 valence electrons. The minimum atomic E-state index is 0.160. The second kappa shape index (κ2) is 8.63. The molecule has 4 heteroatoms. The zero-order chi connectivity index (χ0) is 15.1. The van der Waals surface area contributed by atoms with Gasteiger partial charge in [-0.1, -0.05) is 20.3 Å². The summed E-state index contributed by atoms with van der Waals surface area (Å²) in [6.45, 7) is 9.53. The van der Waals surface area contributed by atoms with E-state index in [0.29, 0.717) is 36.9 Å². The van der Waals surface area contributed by atoms with Crippen LogP contribution in [0.4, 0.5) is 0 Å². The maximum Gasteiger partial charge on any atom is 0.234 e. The number of carbonyl (C=O) groups is 1. The quantitative estimate of drug-likeness (QED) is 0.755. The summed E-state index contributed by atoms with van der Waals surface area (Å²) in [5.41, 5.74) is 8.77. The number of carbonyl (C=O) groups excluding carboxylic acids is 1. The average molecular weight is 283 g/mol. The molecule has 1 fully saturated rings. The van der Waals surface area contributed by atoms with E-state index >= 15 is 0 Å². The van der Waals surface area contributed by atoms with E-state index in [0.717, 1.165) is 12.8 Å². The largest absolute Gasteiger partial charge is 0.330 e. The van der Waals surface area contributed by atoms with Crippen LogP contribution in [0.1, 0.15) is 66.2 Å². The first-order valence-electron chi connectivity index (χ1n) is 8.23. The molecule has 0 radical (unpaired) electrons. The summed E-state index contributed by atoms with van der Waals surface area (Å²) in [4.78, 5) is 12.1. The fourth-order valence-corrected chi connectivity index (χ4v) is 3.18. The van der Waals surface area contributed by atoms with Crippen LogP contribution in [0.15, 0.2) is 0 Å². The fraction of sp³-hybridized carbons (Fsp3) is 0.938. The van der Waals surface area contributed by atoms with E-state index in [1.54, 1.807) is 0 Å². The normalized spacial score (nSPS) is 25.7. The summed E-state index contributed by atoms with van der Waals surface area (Å²) in [7, 11) is 0.